The van der Waals surface area contributed by atoms with Gasteiger partial charge in [0.2, 0.25) is 0 Å². The first kappa shape index (κ1) is 9.49. The van der Waals surface area contributed by atoms with Crippen molar-refractivity contribution in [3.05, 3.63) is 0 Å². The van der Waals surface area contributed by atoms with Crippen LogP contribution in [0.4, 0.5) is 4.39 Å². The van der Waals surface area contributed by atoms with Crippen molar-refractivity contribution in [1.29, 1.82) is 0 Å². The molecule has 0 aromatic heterocycles. The Balaban J connectivity index is 2.70. The Hall–Kier alpha value is -0.600. The average Bonchev–Trinajstić information content (AvgIpc) is 1.74. The van der Waals surface area contributed by atoms with Gasteiger partial charge in [-0.2, -0.15) is 0 Å². The number of aliphatic carboxylic acids is 1. The summed E-state index contributed by atoms with van der Waals surface area (Å²) in [6.45, 7) is 2.96. The van der Waals surface area contributed by atoms with Gasteiger partial charge in [0, 0.05) is 5.41 Å². The van der Waals surface area contributed by atoms with Gasteiger partial charge in [0.15, 0.2) is 0 Å². The predicted molar refractivity (Wildman–Crippen MR) is 43.7 cm³/mol. The minimum atomic E-state index is -1.36. The molecule has 0 bridgehead atoms. The molecule has 3 heteroatoms. The second kappa shape index (κ2) is 2.71. The molecular formula is C9H15FO2. The molecule has 0 unspecified atom stereocenters. The number of carboxylic acids is 1. The summed E-state index contributed by atoms with van der Waals surface area (Å²) in [6.07, 6.45) is 2.35. The van der Waals surface area contributed by atoms with Crippen LogP contribution in [-0.2, 0) is 4.79 Å². The smallest absolute Gasteiger partial charge is 0.304 e. The van der Waals surface area contributed by atoms with Crippen molar-refractivity contribution in [3.63, 3.8) is 0 Å². The second-order valence-corrected chi connectivity index (χ2v) is 4.18. The predicted octanol–water partition coefficient (Wildman–Crippen LogP) is 2.38. The van der Waals surface area contributed by atoms with E-state index in [0.29, 0.717) is 12.8 Å². The zero-order valence-electron chi connectivity index (χ0n) is 7.56. The maximum Gasteiger partial charge on any atom is 0.304 e. The average molecular weight is 174 g/mol. The Morgan fingerprint density at radius 3 is 2.17 bits per heavy atom. The molecule has 0 aromatic rings. The highest BCUT2D eigenvalue weighted by Crippen LogP contribution is 2.53. The topological polar surface area (TPSA) is 37.3 Å². The molecule has 0 heterocycles. The van der Waals surface area contributed by atoms with E-state index in [4.69, 9.17) is 5.11 Å². The van der Waals surface area contributed by atoms with Gasteiger partial charge in [-0.15, -0.1) is 0 Å². The number of alkyl halides is 1. The van der Waals surface area contributed by atoms with Crippen LogP contribution in [0.1, 0.15) is 39.5 Å². The minimum absolute atomic E-state index is 0.0312. The number of halogens is 1. The van der Waals surface area contributed by atoms with Gasteiger partial charge in [0.25, 0.3) is 0 Å². The lowest BCUT2D eigenvalue weighted by atomic mass is 9.59. The Kier molecular flexibility index (Phi) is 2.15. The maximum absolute atomic E-state index is 13.6. The second-order valence-electron chi connectivity index (χ2n) is 4.18. The summed E-state index contributed by atoms with van der Waals surface area (Å²) in [5, 5.41) is 8.61. The van der Waals surface area contributed by atoms with E-state index < -0.39 is 17.1 Å². The van der Waals surface area contributed by atoms with E-state index in [1.807, 2.05) is 0 Å². The molecule has 0 radical (unpaired) electrons. The largest absolute Gasteiger partial charge is 0.481 e. The van der Waals surface area contributed by atoms with Crippen LogP contribution in [0.15, 0.2) is 0 Å². The minimum Gasteiger partial charge on any atom is -0.481 e. The van der Waals surface area contributed by atoms with Crippen LogP contribution in [0.3, 0.4) is 0 Å². The summed E-state index contributed by atoms with van der Waals surface area (Å²) in [5.41, 5.74) is -1.94. The lowest BCUT2D eigenvalue weighted by Gasteiger charge is -2.47. The van der Waals surface area contributed by atoms with Gasteiger partial charge in [-0.25, -0.2) is 4.39 Å². The Morgan fingerprint density at radius 2 is 2.08 bits per heavy atom. The van der Waals surface area contributed by atoms with Crippen molar-refractivity contribution in [2.24, 2.45) is 5.41 Å². The molecule has 1 rings (SSSR count). The molecule has 12 heavy (non-hydrogen) atoms. The first-order valence-corrected chi connectivity index (χ1v) is 4.28. The van der Waals surface area contributed by atoms with E-state index in [-0.39, 0.29) is 6.42 Å². The van der Waals surface area contributed by atoms with Crippen LogP contribution in [0.25, 0.3) is 0 Å². The Morgan fingerprint density at radius 1 is 1.58 bits per heavy atom. The summed E-state index contributed by atoms with van der Waals surface area (Å²) >= 11 is 0. The Bertz CT molecular complexity index is 189. The highest BCUT2D eigenvalue weighted by Gasteiger charge is 2.51. The molecule has 1 saturated carbocycles. The lowest BCUT2D eigenvalue weighted by molar-refractivity contribution is -0.147. The third-order valence-corrected chi connectivity index (χ3v) is 3.06. The van der Waals surface area contributed by atoms with Gasteiger partial charge in [0.1, 0.15) is 5.67 Å². The van der Waals surface area contributed by atoms with E-state index in [1.165, 1.54) is 13.8 Å². The first-order chi connectivity index (χ1) is 5.37. The fraction of sp³-hybridized carbons (Fsp3) is 0.889. The molecule has 0 aromatic carbocycles. The molecular weight excluding hydrogens is 159 g/mol. The van der Waals surface area contributed by atoms with Gasteiger partial charge in [0.05, 0.1) is 6.42 Å². The van der Waals surface area contributed by atoms with Crippen molar-refractivity contribution < 1.29 is 14.3 Å². The van der Waals surface area contributed by atoms with E-state index in [1.54, 1.807) is 0 Å². The number of rotatable bonds is 3. The van der Waals surface area contributed by atoms with Gasteiger partial charge in [-0.05, 0) is 26.7 Å². The van der Waals surface area contributed by atoms with Crippen LogP contribution in [0, 0.1) is 5.41 Å². The summed E-state index contributed by atoms with van der Waals surface area (Å²) in [4.78, 5) is 10.5. The molecule has 1 fully saturated rings. The van der Waals surface area contributed by atoms with E-state index in [2.05, 4.69) is 0 Å². The summed E-state index contributed by atoms with van der Waals surface area (Å²) in [6, 6.07) is 0. The van der Waals surface area contributed by atoms with E-state index in [0.717, 1.165) is 6.42 Å². The van der Waals surface area contributed by atoms with Gasteiger partial charge in [-0.1, -0.05) is 6.42 Å². The van der Waals surface area contributed by atoms with Gasteiger partial charge in [-0.3, -0.25) is 4.79 Å². The lowest BCUT2D eigenvalue weighted by Crippen LogP contribution is -2.47. The molecule has 1 aliphatic carbocycles. The fourth-order valence-electron chi connectivity index (χ4n) is 1.87. The molecule has 0 spiro atoms. The van der Waals surface area contributed by atoms with Crippen LogP contribution >= 0.6 is 0 Å². The zero-order chi connectivity index (χ0) is 9.41. The molecule has 0 amide bonds. The van der Waals surface area contributed by atoms with E-state index in [9.17, 15) is 9.18 Å². The summed E-state index contributed by atoms with van der Waals surface area (Å²) in [7, 11) is 0. The normalized spacial score (nSPS) is 21.6. The first-order valence-electron chi connectivity index (χ1n) is 4.28. The van der Waals surface area contributed by atoms with Crippen molar-refractivity contribution in [2.75, 3.05) is 0 Å². The monoisotopic (exact) mass is 174 g/mol. The van der Waals surface area contributed by atoms with Crippen LogP contribution in [-0.4, -0.2) is 16.7 Å². The highest BCUT2D eigenvalue weighted by atomic mass is 19.1. The zero-order valence-corrected chi connectivity index (χ0v) is 7.56. The quantitative estimate of drug-likeness (QED) is 0.713. The molecule has 1 aliphatic rings. The SMILES string of the molecule is CC(C)(F)C1(CC(=O)O)CCC1. The van der Waals surface area contributed by atoms with Crippen molar-refractivity contribution in [1.82, 2.24) is 0 Å². The summed E-state index contributed by atoms with van der Waals surface area (Å²) in [5.74, 6) is -0.888. The van der Waals surface area contributed by atoms with Crippen molar-refractivity contribution in [3.8, 4) is 0 Å². The number of carbonyl (C=O) groups is 1. The molecule has 0 saturated heterocycles. The van der Waals surface area contributed by atoms with Crippen LogP contribution in [0.5, 0.6) is 0 Å². The van der Waals surface area contributed by atoms with Gasteiger partial charge < -0.3 is 5.11 Å². The number of carboxylic acid groups (broad SMARTS) is 1. The van der Waals surface area contributed by atoms with Gasteiger partial charge >= 0.3 is 5.97 Å². The third-order valence-electron chi connectivity index (χ3n) is 3.06. The Labute approximate surface area is 71.8 Å². The standard InChI is InChI=1S/C9H15FO2/c1-8(2,10)9(4-3-5-9)6-7(11)12/h3-6H2,1-2H3,(H,11,12). The van der Waals surface area contributed by atoms with Crippen molar-refractivity contribution in [2.45, 2.75) is 45.2 Å². The molecule has 70 valence electrons. The molecule has 1 N–H and O–H groups in total. The molecule has 2 nitrogen and oxygen atoms in total. The van der Waals surface area contributed by atoms with Crippen LogP contribution < -0.4 is 0 Å². The number of hydrogen-bond acceptors (Lipinski definition) is 1. The number of hydrogen-bond donors (Lipinski definition) is 1. The molecule has 0 atom stereocenters. The third kappa shape index (κ3) is 1.45. The van der Waals surface area contributed by atoms with Crippen molar-refractivity contribution >= 4 is 5.97 Å². The highest BCUT2D eigenvalue weighted by molar-refractivity contribution is 5.68. The van der Waals surface area contributed by atoms with E-state index >= 15 is 0 Å². The fourth-order valence-corrected chi connectivity index (χ4v) is 1.87. The van der Waals surface area contributed by atoms with Crippen LogP contribution in [0.2, 0.25) is 0 Å². The maximum atomic E-state index is 13.6. The summed E-state index contributed by atoms with van der Waals surface area (Å²) < 4.78 is 13.6. The molecule has 0 aliphatic heterocycles.